The summed E-state index contributed by atoms with van der Waals surface area (Å²) in [6.07, 6.45) is 6.17. The van der Waals surface area contributed by atoms with Gasteiger partial charge in [-0.2, -0.15) is 0 Å². The van der Waals surface area contributed by atoms with Crippen molar-refractivity contribution in [3.63, 3.8) is 0 Å². The van der Waals surface area contributed by atoms with Crippen LogP contribution in [0, 0.1) is 34.4 Å². The Morgan fingerprint density at radius 2 is 1.67 bits per heavy atom. The predicted molar refractivity (Wildman–Crippen MR) is 176 cm³/mol. The fourth-order valence-corrected chi connectivity index (χ4v) is 7.43. The Bertz CT molecular complexity index is 1540. The highest BCUT2D eigenvalue weighted by Gasteiger charge is 2.70. The molecule has 5 N–H and O–H groups in total. The van der Waals surface area contributed by atoms with Crippen molar-refractivity contribution in [2.75, 3.05) is 6.54 Å². The van der Waals surface area contributed by atoms with E-state index in [-0.39, 0.29) is 42.0 Å². The number of carbonyl (C=O) groups excluding carboxylic acids is 6. The van der Waals surface area contributed by atoms with Crippen molar-refractivity contribution < 1.29 is 37.9 Å². The molecule has 3 saturated carbocycles. The summed E-state index contributed by atoms with van der Waals surface area (Å²) in [7, 11) is 0. The van der Waals surface area contributed by atoms with E-state index in [0.717, 1.165) is 19.3 Å². The number of urea groups is 1. The van der Waals surface area contributed by atoms with Gasteiger partial charge in [-0.1, -0.05) is 72.1 Å². The number of nitrogens with zero attached hydrogens (tertiary/aromatic N) is 1. The van der Waals surface area contributed by atoms with E-state index in [1.165, 1.54) is 29.2 Å². The summed E-state index contributed by atoms with van der Waals surface area (Å²) in [6.45, 7) is 9.60. The monoisotopic (exact) mass is 681 g/mol. The highest BCUT2D eigenvalue weighted by molar-refractivity contribution is 6.42. The fourth-order valence-electron chi connectivity index (χ4n) is 7.43. The van der Waals surface area contributed by atoms with Crippen molar-refractivity contribution in [3.05, 3.63) is 47.4 Å². The second kappa shape index (κ2) is 13.5. The van der Waals surface area contributed by atoms with E-state index in [2.05, 4.69) is 16.0 Å². The van der Waals surface area contributed by atoms with Gasteiger partial charge in [-0.15, -0.1) is 0 Å². The number of halogens is 1. The van der Waals surface area contributed by atoms with E-state index in [0.29, 0.717) is 31.2 Å². The number of nitrogens with one attached hydrogen (secondary N) is 3. The van der Waals surface area contributed by atoms with Crippen LogP contribution in [-0.4, -0.2) is 64.6 Å². The first-order valence-electron chi connectivity index (χ1n) is 17.1. The molecule has 0 unspecified atom stereocenters. The van der Waals surface area contributed by atoms with E-state index in [1.807, 2.05) is 13.8 Å². The maximum absolute atomic E-state index is 14.4. The zero-order chi connectivity index (χ0) is 35.9. The third-order valence-corrected chi connectivity index (χ3v) is 10.6. The molecule has 0 spiro atoms. The molecule has 13 heteroatoms. The first-order chi connectivity index (χ1) is 22.9. The van der Waals surface area contributed by atoms with Crippen LogP contribution in [0.25, 0.3) is 0 Å². The quantitative estimate of drug-likeness (QED) is 0.157. The SMILES string of the molecule is CC(C)(C)[C@H](NC(=O)NC1(C(=O)OCc2ccc(F)cc2)CCCCC1)C(=O)N1C[C@H]2[C@@H]([C@H]1C(=O)N/C(=C/C1CC1)C(=O)C(N)=O)C2(C)C. The fraction of sp³-hybridized carbons (Fsp3) is 0.611. The van der Waals surface area contributed by atoms with E-state index in [4.69, 9.17) is 10.5 Å². The second-order valence-corrected chi connectivity index (χ2v) is 15.7. The number of fused-ring (bicyclic) bond motifs is 1. The summed E-state index contributed by atoms with van der Waals surface area (Å²) in [6, 6.07) is 2.83. The first kappa shape index (κ1) is 36.0. The molecular formula is C36H48FN5O7. The summed E-state index contributed by atoms with van der Waals surface area (Å²) in [5.74, 6) is -4.38. The number of piperidine rings is 1. The van der Waals surface area contributed by atoms with Crippen molar-refractivity contribution in [1.29, 1.82) is 0 Å². The van der Waals surface area contributed by atoms with Gasteiger partial charge in [-0.25, -0.2) is 14.0 Å². The molecule has 1 heterocycles. The predicted octanol–water partition coefficient (Wildman–Crippen LogP) is 3.23. The number of hydrogen-bond donors (Lipinski definition) is 4. The van der Waals surface area contributed by atoms with Crippen LogP contribution in [0.15, 0.2) is 36.0 Å². The summed E-state index contributed by atoms with van der Waals surface area (Å²) in [5.41, 5.74) is 3.33. The standard InChI is InChI=1S/C36H48FN5O7/c1-34(2,3)28(40-33(48)41-36(15-7-6-8-16-36)32(47)49-19-21-11-13-22(37)14-12-21)31(46)42-18-23-25(35(23,4)5)26(42)30(45)39-24(17-20-9-10-20)27(43)29(38)44/h11-14,17,20,23,25-26,28H,6-10,15-16,18-19H2,1-5H3,(H2,38,44)(H,39,45)(H2,40,41,48)/b24-17+/t23-,25-,26-,28+/m0/s1. The lowest BCUT2D eigenvalue weighted by Crippen LogP contribution is -2.64. The molecular weight excluding hydrogens is 633 g/mol. The lowest BCUT2D eigenvalue weighted by atomic mass is 9.81. The Morgan fingerprint density at radius 1 is 1.04 bits per heavy atom. The van der Waals surface area contributed by atoms with Crippen LogP contribution in [0.2, 0.25) is 0 Å². The van der Waals surface area contributed by atoms with Crippen LogP contribution in [-0.2, 0) is 35.3 Å². The van der Waals surface area contributed by atoms with Gasteiger partial charge < -0.3 is 31.3 Å². The minimum absolute atomic E-state index is 0.0192. The molecule has 1 aromatic rings. The Hall–Kier alpha value is -4.29. The molecule has 1 saturated heterocycles. The average Bonchev–Trinajstić information content (AvgIpc) is 3.89. The first-order valence-corrected chi connectivity index (χ1v) is 17.1. The molecule has 0 bridgehead atoms. The lowest BCUT2D eigenvalue weighted by Gasteiger charge is -2.39. The number of ether oxygens (including phenoxy) is 1. The normalized spacial score (nSPS) is 24.6. The number of hydrogen-bond acceptors (Lipinski definition) is 7. The van der Waals surface area contributed by atoms with Gasteiger partial charge in [0, 0.05) is 6.54 Å². The average molecular weight is 682 g/mol. The Labute approximate surface area is 286 Å². The van der Waals surface area contributed by atoms with Crippen molar-refractivity contribution in [2.24, 2.45) is 34.3 Å². The van der Waals surface area contributed by atoms with Crippen molar-refractivity contribution >= 4 is 35.5 Å². The van der Waals surface area contributed by atoms with Crippen LogP contribution in [0.3, 0.4) is 0 Å². The number of nitrogens with two attached hydrogens (primary N) is 1. The zero-order valence-corrected chi connectivity index (χ0v) is 28.9. The van der Waals surface area contributed by atoms with Gasteiger partial charge in [0.1, 0.15) is 30.0 Å². The molecule has 266 valence electrons. The second-order valence-electron chi connectivity index (χ2n) is 15.7. The third kappa shape index (κ3) is 7.80. The van der Waals surface area contributed by atoms with Crippen molar-refractivity contribution in [1.82, 2.24) is 20.9 Å². The van der Waals surface area contributed by atoms with Crippen LogP contribution in [0.4, 0.5) is 9.18 Å². The summed E-state index contributed by atoms with van der Waals surface area (Å²) < 4.78 is 18.9. The molecule has 49 heavy (non-hydrogen) atoms. The molecule has 1 aromatic carbocycles. The highest BCUT2D eigenvalue weighted by atomic mass is 19.1. The van der Waals surface area contributed by atoms with Gasteiger partial charge in [0.25, 0.3) is 11.7 Å². The van der Waals surface area contributed by atoms with Crippen molar-refractivity contribution in [2.45, 2.75) is 104 Å². The van der Waals surface area contributed by atoms with Gasteiger partial charge >= 0.3 is 12.0 Å². The smallest absolute Gasteiger partial charge is 0.332 e. The maximum atomic E-state index is 14.4. The van der Waals surface area contributed by atoms with Crippen molar-refractivity contribution in [3.8, 4) is 0 Å². The number of allylic oxidation sites excluding steroid dienone is 1. The number of amides is 5. The number of esters is 1. The van der Waals surface area contributed by atoms with E-state index >= 15 is 0 Å². The lowest BCUT2D eigenvalue weighted by molar-refractivity contribution is -0.154. The Morgan fingerprint density at radius 3 is 2.24 bits per heavy atom. The minimum atomic E-state index is -1.31. The number of rotatable bonds is 11. The summed E-state index contributed by atoms with van der Waals surface area (Å²) in [5, 5.41) is 8.27. The molecule has 12 nitrogen and oxygen atoms in total. The van der Waals surface area contributed by atoms with Gasteiger partial charge in [-0.3, -0.25) is 19.2 Å². The Kier molecular flexibility index (Phi) is 9.96. The molecule has 5 amide bonds. The van der Waals surface area contributed by atoms with Crippen LogP contribution in [0.5, 0.6) is 0 Å². The Balaban J connectivity index is 1.32. The topological polar surface area (TPSA) is 177 Å². The molecule has 4 fully saturated rings. The van der Waals surface area contributed by atoms with Gasteiger partial charge in [0.15, 0.2) is 0 Å². The molecule has 4 aliphatic rings. The molecule has 4 atom stereocenters. The van der Waals surface area contributed by atoms with E-state index < -0.39 is 64.4 Å². The largest absolute Gasteiger partial charge is 0.459 e. The highest BCUT2D eigenvalue weighted by Crippen LogP contribution is 2.65. The van der Waals surface area contributed by atoms with Crippen LogP contribution >= 0.6 is 0 Å². The number of Topliss-reactive ketones (excluding diaryl/α,β-unsaturated/α-hetero) is 1. The molecule has 0 radical (unpaired) electrons. The number of benzene rings is 1. The molecule has 3 aliphatic carbocycles. The summed E-state index contributed by atoms with van der Waals surface area (Å²) in [4.78, 5) is 81.2. The molecule has 0 aromatic heterocycles. The maximum Gasteiger partial charge on any atom is 0.332 e. The number of primary amides is 1. The van der Waals surface area contributed by atoms with Gasteiger partial charge in [-0.05, 0) is 72.0 Å². The van der Waals surface area contributed by atoms with E-state index in [1.54, 1.807) is 26.8 Å². The molecule has 1 aliphatic heterocycles. The zero-order valence-electron chi connectivity index (χ0n) is 28.9. The number of likely N-dealkylation sites (tertiary alicyclic amines) is 1. The van der Waals surface area contributed by atoms with Gasteiger partial charge in [0.2, 0.25) is 11.8 Å². The third-order valence-electron chi connectivity index (χ3n) is 10.6. The van der Waals surface area contributed by atoms with Crippen LogP contribution < -0.4 is 21.7 Å². The summed E-state index contributed by atoms with van der Waals surface area (Å²) >= 11 is 0. The van der Waals surface area contributed by atoms with E-state index in [9.17, 15) is 33.2 Å². The minimum Gasteiger partial charge on any atom is -0.459 e. The van der Waals surface area contributed by atoms with Crippen LogP contribution in [0.1, 0.15) is 85.1 Å². The number of ketones is 1. The number of carbonyl (C=O) groups is 6. The van der Waals surface area contributed by atoms with Gasteiger partial charge in [0.05, 0.1) is 5.70 Å². The molecule has 5 rings (SSSR count).